The Morgan fingerprint density at radius 1 is 1.22 bits per heavy atom. The highest BCUT2D eigenvalue weighted by atomic mass is 16.3. The van der Waals surface area contributed by atoms with Gasteiger partial charge in [0.25, 0.3) is 0 Å². The van der Waals surface area contributed by atoms with Crippen molar-refractivity contribution in [2.24, 2.45) is 34.5 Å². The number of hydrogen-bond donors (Lipinski definition) is 2. The van der Waals surface area contributed by atoms with Gasteiger partial charge in [-0.05, 0) is 79.4 Å². The maximum atomic E-state index is 10.7. The molecule has 0 bridgehead atoms. The van der Waals surface area contributed by atoms with Crippen molar-refractivity contribution < 1.29 is 10.2 Å². The zero-order chi connectivity index (χ0) is 16.4. The predicted octanol–water partition coefficient (Wildman–Crippen LogP) is 4.08. The molecule has 2 N–H and O–H groups in total. The van der Waals surface area contributed by atoms with Crippen molar-refractivity contribution in [1.29, 1.82) is 0 Å². The molecule has 128 valence electrons. The van der Waals surface area contributed by atoms with Crippen LogP contribution in [0.5, 0.6) is 0 Å². The summed E-state index contributed by atoms with van der Waals surface area (Å²) in [6.07, 6.45) is 11.7. The zero-order valence-corrected chi connectivity index (χ0v) is 14.7. The van der Waals surface area contributed by atoms with Gasteiger partial charge in [0.15, 0.2) is 0 Å². The van der Waals surface area contributed by atoms with E-state index in [1.165, 1.54) is 12.0 Å². The van der Waals surface area contributed by atoms with Gasteiger partial charge in [0.1, 0.15) is 0 Å². The Balaban J connectivity index is 1.72. The quantitative estimate of drug-likeness (QED) is 0.716. The van der Waals surface area contributed by atoms with E-state index < -0.39 is 0 Å². The second-order valence-electron chi connectivity index (χ2n) is 9.27. The molecule has 8 atom stereocenters. The minimum absolute atomic E-state index is 0.0793. The topological polar surface area (TPSA) is 40.5 Å². The third kappa shape index (κ3) is 2.07. The standard InChI is InChI=1S/C21H32O2/c1-4-13-11-18(23)21(3)10-8-17-16(19(13)21)6-5-14-12-15(22)7-9-20(14,17)2/h4-5,13,15-19,22-23H,1,6-12H2,2-3H3/t13-,15-,16+,17-,18-,19-,20-,21+/m0/s1. The fraction of sp³-hybridized carbons (Fsp3) is 0.810. The summed E-state index contributed by atoms with van der Waals surface area (Å²) in [5.74, 6) is 2.45. The number of allylic oxidation sites excluding steroid dienone is 2. The lowest BCUT2D eigenvalue weighted by Gasteiger charge is -2.58. The Kier molecular flexibility index (Phi) is 3.59. The minimum atomic E-state index is -0.164. The van der Waals surface area contributed by atoms with Crippen LogP contribution in [-0.4, -0.2) is 22.4 Å². The van der Waals surface area contributed by atoms with Crippen molar-refractivity contribution >= 4 is 0 Å². The number of rotatable bonds is 1. The monoisotopic (exact) mass is 316 g/mol. The van der Waals surface area contributed by atoms with Gasteiger partial charge in [-0.25, -0.2) is 0 Å². The molecule has 4 aliphatic rings. The van der Waals surface area contributed by atoms with Crippen LogP contribution in [0.2, 0.25) is 0 Å². The highest BCUT2D eigenvalue weighted by molar-refractivity contribution is 5.26. The van der Waals surface area contributed by atoms with Crippen LogP contribution in [0, 0.1) is 34.5 Å². The molecule has 0 unspecified atom stereocenters. The Morgan fingerprint density at radius 3 is 2.74 bits per heavy atom. The molecule has 0 amide bonds. The van der Waals surface area contributed by atoms with Gasteiger partial charge in [-0.2, -0.15) is 0 Å². The second kappa shape index (κ2) is 5.20. The molecule has 2 heteroatoms. The molecule has 0 aromatic carbocycles. The van der Waals surface area contributed by atoms with E-state index in [1.54, 1.807) is 0 Å². The first-order valence-corrected chi connectivity index (χ1v) is 9.58. The molecule has 0 aromatic rings. The summed E-state index contributed by atoms with van der Waals surface area (Å²) in [4.78, 5) is 0. The Bertz CT molecular complexity index is 538. The molecule has 0 radical (unpaired) electrons. The van der Waals surface area contributed by atoms with E-state index in [0.717, 1.165) is 44.4 Å². The normalized spacial score (nSPS) is 55.4. The molecule has 2 nitrogen and oxygen atoms in total. The number of aliphatic hydroxyl groups is 2. The van der Waals surface area contributed by atoms with Crippen molar-refractivity contribution in [2.75, 3.05) is 0 Å². The lowest BCUT2D eigenvalue weighted by molar-refractivity contribution is -0.0759. The van der Waals surface area contributed by atoms with Gasteiger partial charge in [-0.15, -0.1) is 6.58 Å². The summed E-state index contributed by atoms with van der Waals surface area (Å²) < 4.78 is 0. The van der Waals surface area contributed by atoms with Crippen LogP contribution < -0.4 is 0 Å². The molecule has 4 rings (SSSR count). The Hall–Kier alpha value is -0.600. The average Bonchev–Trinajstić information content (AvgIpc) is 2.79. The smallest absolute Gasteiger partial charge is 0.0602 e. The first-order valence-electron chi connectivity index (χ1n) is 9.58. The van der Waals surface area contributed by atoms with Gasteiger partial charge in [0, 0.05) is 0 Å². The highest BCUT2D eigenvalue weighted by Crippen LogP contribution is 2.66. The fourth-order valence-corrected chi connectivity index (χ4v) is 7.03. The van der Waals surface area contributed by atoms with Crippen LogP contribution in [0.3, 0.4) is 0 Å². The number of aliphatic hydroxyl groups excluding tert-OH is 2. The summed E-state index contributed by atoms with van der Waals surface area (Å²) in [6, 6.07) is 0. The maximum Gasteiger partial charge on any atom is 0.0602 e. The van der Waals surface area contributed by atoms with Gasteiger partial charge >= 0.3 is 0 Å². The zero-order valence-electron chi connectivity index (χ0n) is 14.7. The van der Waals surface area contributed by atoms with Crippen LogP contribution in [0.25, 0.3) is 0 Å². The fourth-order valence-electron chi connectivity index (χ4n) is 7.03. The van der Waals surface area contributed by atoms with Crippen LogP contribution in [0.15, 0.2) is 24.3 Å². The van der Waals surface area contributed by atoms with Gasteiger partial charge < -0.3 is 10.2 Å². The van der Waals surface area contributed by atoms with E-state index in [9.17, 15) is 10.2 Å². The molecule has 0 spiro atoms. The number of hydrogen-bond acceptors (Lipinski definition) is 2. The summed E-state index contributed by atoms with van der Waals surface area (Å²) in [7, 11) is 0. The number of fused-ring (bicyclic) bond motifs is 5. The highest BCUT2D eigenvalue weighted by Gasteiger charge is 2.60. The van der Waals surface area contributed by atoms with E-state index in [4.69, 9.17) is 0 Å². The molecular formula is C21H32O2. The van der Waals surface area contributed by atoms with Gasteiger partial charge in [-0.3, -0.25) is 0 Å². The maximum absolute atomic E-state index is 10.7. The predicted molar refractivity (Wildman–Crippen MR) is 92.8 cm³/mol. The van der Waals surface area contributed by atoms with Crippen molar-refractivity contribution in [2.45, 2.75) is 71.0 Å². The van der Waals surface area contributed by atoms with Crippen molar-refractivity contribution in [3.05, 3.63) is 24.3 Å². The summed E-state index contributed by atoms with van der Waals surface area (Å²) >= 11 is 0. The van der Waals surface area contributed by atoms with Gasteiger partial charge in [0.05, 0.1) is 12.2 Å². The van der Waals surface area contributed by atoms with Gasteiger partial charge in [0.2, 0.25) is 0 Å². The van der Waals surface area contributed by atoms with Crippen LogP contribution in [0.4, 0.5) is 0 Å². The van der Waals surface area contributed by atoms with E-state index in [2.05, 4.69) is 32.6 Å². The van der Waals surface area contributed by atoms with Crippen LogP contribution in [0.1, 0.15) is 58.8 Å². The Labute approximate surface area is 140 Å². The molecule has 0 aromatic heterocycles. The van der Waals surface area contributed by atoms with E-state index >= 15 is 0 Å². The molecule has 23 heavy (non-hydrogen) atoms. The van der Waals surface area contributed by atoms with Crippen LogP contribution in [-0.2, 0) is 0 Å². The molecular weight excluding hydrogens is 284 g/mol. The van der Waals surface area contributed by atoms with Crippen molar-refractivity contribution in [1.82, 2.24) is 0 Å². The van der Waals surface area contributed by atoms with E-state index in [1.807, 2.05) is 0 Å². The third-order valence-corrected chi connectivity index (χ3v) is 8.40. The van der Waals surface area contributed by atoms with E-state index in [-0.39, 0.29) is 23.0 Å². The largest absolute Gasteiger partial charge is 0.393 e. The average molecular weight is 316 g/mol. The third-order valence-electron chi connectivity index (χ3n) is 8.40. The Morgan fingerprint density at radius 2 is 2.00 bits per heavy atom. The molecule has 0 aliphatic heterocycles. The lowest BCUT2D eigenvalue weighted by atomic mass is 9.47. The molecule has 0 heterocycles. The van der Waals surface area contributed by atoms with Crippen molar-refractivity contribution in [3.63, 3.8) is 0 Å². The van der Waals surface area contributed by atoms with Gasteiger partial charge in [-0.1, -0.05) is 31.6 Å². The lowest BCUT2D eigenvalue weighted by Crippen LogP contribution is -2.52. The van der Waals surface area contributed by atoms with Crippen LogP contribution >= 0.6 is 0 Å². The molecule has 4 aliphatic carbocycles. The van der Waals surface area contributed by atoms with E-state index in [0.29, 0.717) is 17.8 Å². The summed E-state index contributed by atoms with van der Waals surface area (Å²) in [6.45, 7) is 8.87. The minimum Gasteiger partial charge on any atom is -0.393 e. The SMILES string of the molecule is C=C[C@H]1C[C@H](O)[C@@]2(C)CC[C@H]3[C@@H](CC=C4C[C@@H](O)CC[C@@]43C)[C@H]12. The molecule has 3 saturated carbocycles. The van der Waals surface area contributed by atoms with Crippen molar-refractivity contribution in [3.8, 4) is 0 Å². The second-order valence-corrected chi connectivity index (χ2v) is 9.27. The molecule has 3 fully saturated rings. The first-order chi connectivity index (χ1) is 10.9. The summed E-state index contributed by atoms with van der Waals surface area (Å²) in [5.41, 5.74) is 1.88. The summed E-state index contributed by atoms with van der Waals surface area (Å²) in [5, 5.41) is 20.8. The molecule has 0 saturated heterocycles. The first kappa shape index (κ1) is 15.9.